The van der Waals surface area contributed by atoms with Gasteiger partial charge in [-0.1, -0.05) is 36.4 Å². The summed E-state index contributed by atoms with van der Waals surface area (Å²) < 4.78 is 5.11. The van der Waals surface area contributed by atoms with E-state index < -0.39 is 6.09 Å². The fourth-order valence-electron chi connectivity index (χ4n) is 2.75. The van der Waals surface area contributed by atoms with E-state index in [1.54, 1.807) is 11.0 Å². The third kappa shape index (κ3) is 4.76. The number of anilines is 1. The van der Waals surface area contributed by atoms with E-state index in [4.69, 9.17) is 4.74 Å². The SMILES string of the molecule is CCNC(=O)OCCN(C(=O)/C=C/c1n[nH]c2ccccc12)c1ccccc1. The zero-order valence-electron chi connectivity index (χ0n) is 15.6. The summed E-state index contributed by atoms with van der Waals surface area (Å²) in [4.78, 5) is 25.9. The highest BCUT2D eigenvalue weighted by molar-refractivity contribution is 6.04. The number of carbonyl (C=O) groups excluding carboxylic acids is 2. The van der Waals surface area contributed by atoms with Crippen LogP contribution < -0.4 is 10.2 Å². The molecule has 7 heteroatoms. The number of rotatable bonds is 7. The minimum atomic E-state index is -0.499. The molecule has 3 rings (SSSR count). The molecule has 0 atom stereocenters. The second kappa shape index (κ2) is 9.36. The summed E-state index contributed by atoms with van der Waals surface area (Å²) in [6, 6.07) is 17.0. The van der Waals surface area contributed by atoms with E-state index in [-0.39, 0.29) is 19.1 Å². The van der Waals surface area contributed by atoms with Crippen LogP contribution in [0.4, 0.5) is 10.5 Å². The lowest BCUT2D eigenvalue weighted by atomic mass is 10.2. The number of aromatic amines is 1. The number of aromatic nitrogens is 2. The van der Waals surface area contributed by atoms with Crippen molar-refractivity contribution in [1.82, 2.24) is 15.5 Å². The van der Waals surface area contributed by atoms with Gasteiger partial charge in [0.25, 0.3) is 5.91 Å². The first kappa shape index (κ1) is 19.2. The van der Waals surface area contributed by atoms with E-state index in [1.165, 1.54) is 6.08 Å². The van der Waals surface area contributed by atoms with Crippen LogP contribution in [0.25, 0.3) is 17.0 Å². The molecular formula is C21H22N4O3. The number of nitrogens with one attached hydrogen (secondary N) is 2. The van der Waals surface area contributed by atoms with Crippen molar-refractivity contribution >= 4 is 34.7 Å². The van der Waals surface area contributed by atoms with Crippen LogP contribution in [0.1, 0.15) is 12.6 Å². The minimum Gasteiger partial charge on any atom is -0.448 e. The number of carbonyl (C=O) groups is 2. The van der Waals surface area contributed by atoms with Crippen LogP contribution in [0.2, 0.25) is 0 Å². The van der Waals surface area contributed by atoms with Crippen molar-refractivity contribution in [2.75, 3.05) is 24.6 Å². The number of amides is 2. The summed E-state index contributed by atoms with van der Waals surface area (Å²) in [5.74, 6) is -0.224. The lowest BCUT2D eigenvalue weighted by Crippen LogP contribution is -2.34. The monoisotopic (exact) mass is 378 g/mol. The number of H-pyrrole nitrogens is 1. The van der Waals surface area contributed by atoms with Crippen molar-refractivity contribution < 1.29 is 14.3 Å². The second-order valence-electron chi connectivity index (χ2n) is 5.98. The van der Waals surface area contributed by atoms with Gasteiger partial charge in [-0.3, -0.25) is 9.89 Å². The maximum absolute atomic E-state index is 12.8. The minimum absolute atomic E-state index is 0.0889. The van der Waals surface area contributed by atoms with E-state index in [0.717, 1.165) is 16.6 Å². The largest absolute Gasteiger partial charge is 0.448 e. The topological polar surface area (TPSA) is 87.3 Å². The molecule has 144 valence electrons. The normalized spacial score (nSPS) is 10.9. The maximum Gasteiger partial charge on any atom is 0.407 e. The molecule has 0 spiro atoms. The summed E-state index contributed by atoms with van der Waals surface area (Å²) in [7, 11) is 0. The van der Waals surface area contributed by atoms with E-state index in [2.05, 4.69) is 15.5 Å². The molecule has 0 unspecified atom stereocenters. The van der Waals surface area contributed by atoms with Gasteiger partial charge in [-0.05, 0) is 31.2 Å². The zero-order chi connectivity index (χ0) is 19.8. The van der Waals surface area contributed by atoms with Crippen molar-refractivity contribution in [3.63, 3.8) is 0 Å². The van der Waals surface area contributed by atoms with Gasteiger partial charge in [0.1, 0.15) is 6.61 Å². The predicted octanol–water partition coefficient (Wildman–Crippen LogP) is 3.36. The molecule has 3 aromatic rings. The summed E-state index contributed by atoms with van der Waals surface area (Å²) in [5.41, 5.74) is 2.32. The summed E-state index contributed by atoms with van der Waals surface area (Å²) >= 11 is 0. The fraction of sp³-hybridized carbons (Fsp3) is 0.190. The Hall–Kier alpha value is -3.61. The number of alkyl carbamates (subject to hydrolysis) is 1. The molecule has 0 saturated carbocycles. The first-order valence-electron chi connectivity index (χ1n) is 9.07. The molecule has 28 heavy (non-hydrogen) atoms. The van der Waals surface area contributed by atoms with Crippen molar-refractivity contribution in [3.8, 4) is 0 Å². The van der Waals surface area contributed by atoms with Crippen LogP contribution in [-0.2, 0) is 9.53 Å². The molecular weight excluding hydrogens is 356 g/mol. The maximum atomic E-state index is 12.8. The third-order valence-corrected chi connectivity index (χ3v) is 4.09. The summed E-state index contributed by atoms with van der Waals surface area (Å²) in [5, 5.41) is 10.7. The molecule has 0 fully saturated rings. The highest BCUT2D eigenvalue weighted by atomic mass is 16.5. The second-order valence-corrected chi connectivity index (χ2v) is 5.98. The number of ether oxygens (including phenoxy) is 1. The van der Waals surface area contributed by atoms with Gasteiger partial charge in [0, 0.05) is 23.7 Å². The predicted molar refractivity (Wildman–Crippen MR) is 109 cm³/mol. The molecule has 0 aliphatic carbocycles. The molecule has 0 aliphatic heterocycles. The highest BCUT2D eigenvalue weighted by Gasteiger charge is 2.14. The van der Waals surface area contributed by atoms with E-state index in [1.807, 2.05) is 61.5 Å². The van der Waals surface area contributed by atoms with Crippen LogP contribution >= 0.6 is 0 Å². The van der Waals surface area contributed by atoms with Gasteiger partial charge in [0.05, 0.1) is 17.8 Å². The van der Waals surface area contributed by atoms with Gasteiger partial charge >= 0.3 is 6.09 Å². The Balaban J connectivity index is 1.73. The number of benzene rings is 2. The molecule has 0 radical (unpaired) electrons. The highest BCUT2D eigenvalue weighted by Crippen LogP contribution is 2.18. The quantitative estimate of drug-likeness (QED) is 0.617. The van der Waals surface area contributed by atoms with Crippen LogP contribution in [0.15, 0.2) is 60.7 Å². The average Bonchev–Trinajstić information content (AvgIpc) is 3.13. The number of fused-ring (bicyclic) bond motifs is 1. The Morgan fingerprint density at radius 2 is 1.89 bits per heavy atom. The number of hydrogen-bond acceptors (Lipinski definition) is 4. The molecule has 2 amide bonds. The third-order valence-electron chi connectivity index (χ3n) is 4.09. The van der Waals surface area contributed by atoms with Gasteiger partial charge in [0.2, 0.25) is 0 Å². The van der Waals surface area contributed by atoms with Crippen molar-refractivity contribution in [1.29, 1.82) is 0 Å². The van der Waals surface area contributed by atoms with E-state index in [9.17, 15) is 9.59 Å². The Morgan fingerprint density at radius 3 is 2.68 bits per heavy atom. The standard InChI is InChI=1S/C21H22N4O3/c1-2-22-21(27)28-15-14-25(16-8-4-3-5-9-16)20(26)13-12-19-17-10-6-7-11-18(17)23-24-19/h3-13H,2,14-15H2,1H3,(H,22,27)(H,23,24)/b13-12+. The smallest absolute Gasteiger partial charge is 0.407 e. The van der Waals surface area contributed by atoms with Gasteiger partial charge < -0.3 is 15.0 Å². The number of nitrogens with zero attached hydrogens (tertiary/aromatic N) is 2. The van der Waals surface area contributed by atoms with Crippen molar-refractivity contribution in [2.45, 2.75) is 6.92 Å². The first-order chi connectivity index (χ1) is 13.7. The fourth-order valence-corrected chi connectivity index (χ4v) is 2.75. The lowest BCUT2D eigenvalue weighted by Gasteiger charge is -2.21. The van der Waals surface area contributed by atoms with Crippen LogP contribution in [0.3, 0.4) is 0 Å². The first-order valence-corrected chi connectivity index (χ1v) is 9.07. The van der Waals surface area contributed by atoms with Gasteiger partial charge in [-0.15, -0.1) is 0 Å². The van der Waals surface area contributed by atoms with E-state index in [0.29, 0.717) is 12.2 Å². The van der Waals surface area contributed by atoms with Gasteiger partial charge in [-0.25, -0.2) is 4.79 Å². The molecule has 0 saturated heterocycles. The van der Waals surface area contributed by atoms with Crippen LogP contribution in [0.5, 0.6) is 0 Å². The zero-order valence-corrected chi connectivity index (χ0v) is 15.6. The van der Waals surface area contributed by atoms with Crippen molar-refractivity contribution in [2.24, 2.45) is 0 Å². The molecule has 7 nitrogen and oxygen atoms in total. The summed E-state index contributed by atoms with van der Waals surface area (Å²) in [6.45, 7) is 2.63. The molecule has 2 N–H and O–H groups in total. The van der Waals surface area contributed by atoms with Crippen LogP contribution in [-0.4, -0.2) is 41.9 Å². The molecule has 1 heterocycles. The molecule has 0 aliphatic rings. The Kier molecular flexibility index (Phi) is 6.41. The Bertz CT molecular complexity index is 966. The summed E-state index contributed by atoms with van der Waals surface area (Å²) in [6.07, 6.45) is 2.66. The van der Waals surface area contributed by atoms with Crippen molar-refractivity contribution in [3.05, 3.63) is 66.4 Å². The number of hydrogen-bond donors (Lipinski definition) is 2. The van der Waals surface area contributed by atoms with E-state index >= 15 is 0 Å². The Morgan fingerprint density at radius 1 is 1.14 bits per heavy atom. The molecule has 1 aromatic heterocycles. The van der Waals surface area contributed by atoms with Crippen LogP contribution in [0, 0.1) is 0 Å². The molecule has 2 aromatic carbocycles. The molecule has 0 bridgehead atoms. The van der Waals surface area contributed by atoms with Gasteiger partial charge in [-0.2, -0.15) is 5.10 Å². The van der Waals surface area contributed by atoms with Gasteiger partial charge in [0.15, 0.2) is 0 Å². The number of para-hydroxylation sites is 2. The average molecular weight is 378 g/mol. The Labute approximate surface area is 163 Å². The lowest BCUT2D eigenvalue weighted by molar-refractivity contribution is -0.114.